The first-order valence-electron chi connectivity index (χ1n) is 6.68. The highest BCUT2D eigenvalue weighted by Gasteiger charge is 2.19. The highest BCUT2D eigenvalue weighted by molar-refractivity contribution is 5.95. The lowest BCUT2D eigenvalue weighted by molar-refractivity contribution is 0.0692. The van der Waals surface area contributed by atoms with E-state index in [0.29, 0.717) is 30.0 Å². The second kappa shape index (κ2) is 7.75. The van der Waals surface area contributed by atoms with E-state index in [4.69, 9.17) is 14.6 Å². The Kier molecular flexibility index (Phi) is 6.31. The minimum atomic E-state index is -0.0920. The van der Waals surface area contributed by atoms with Crippen molar-refractivity contribution in [2.24, 2.45) is 0 Å². The van der Waals surface area contributed by atoms with Crippen LogP contribution in [-0.4, -0.2) is 49.3 Å². The molecule has 0 aliphatic carbocycles. The van der Waals surface area contributed by atoms with E-state index >= 15 is 0 Å². The molecule has 1 amide bonds. The Hall–Kier alpha value is -1.75. The molecule has 5 nitrogen and oxygen atoms in total. The number of benzene rings is 1. The van der Waals surface area contributed by atoms with Gasteiger partial charge in [-0.1, -0.05) is 0 Å². The van der Waals surface area contributed by atoms with Crippen molar-refractivity contribution in [3.8, 4) is 11.5 Å². The van der Waals surface area contributed by atoms with Gasteiger partial charge >= 0.3 is 0 Å². The number of rotatable bonds is 7. The second-order valence-electron chi connectivity index (χ2n) is 4.77. The van der Waals surface area contributed by atoms with Gasteiger partial charge in [0, 0.05) is 30.8 Å². The zero-order valence-corrected chi connectivity index (χ0v) is 12.5. The molecule has 1 aromatic carbocycles. The third kappa shape index (κ3) is 4.13. The maximum Gasteiger partial charge on any atom is 0.254 e. The summed E-state index contributed by atoms with van der Waals surface area (Å²) in [5, 5.41) is 8.94. The Labute approximate surface area is 120 Å². The van der Waals surface area contributed by atoms with Crippen LogP contribution < -0.4 is 9.47 Å². The predicted molar refractivity (Wildman–Crippen MR) is 77.4 cm³/mol. The summed E-state index contributed by atoms with van der Waals surface area (Å²) in [4.78, 5) is 14.3. The van der Waals surface area contributed by atoms with E-state index in [1.165, 1.54) is 0 Å². The zero-order chi connectivity index (χ0) is 15.1. The average molecular weight is 281 g/mol. The molecule has 0 saturated carbocycles. The van der Waals surface area contributed by atoms with Gasteiger partial charge in [0.1, 0.15) is 11.5 Å². The molecule has 0 fully saturated rings. The van der Waals surface area contributed by atoms with Crippen molar-refractivity contribution >= 4 is 5.91 Å². The summed E-state index contributed by atoms with van der Waals surface area (Å²) in [6.45, 7) is 4.49. The summed E-state index contributed by atoms with van der Waals surface area (Å²) in [6, 6.07) is 5.18. The van der Waals surface area contributed by atoms with Crippen molar-refractivity contribution in [2.45, 2.75) is 26.3 Å². The average Bonchev–Trinajstić information content (AvgIpc) is 2.46. The molecule has 1 N–H and O–H groups in total. The SMILES string of the molecule is COc1cc(OC)cc(C(=O)N(CCCO)C(C)C)c1. The standard InChI is InChI=1S/C15H23NO4/c1-11(2)16(6-5-7-17)15(18)12-8-13(19-3)10-14(9-12)20-4/h8-11,17H,5-7H2,1-4H3. The van der Waals surface area contributed by atoms with Gasteiger partial charge in [-0.25, -0.2) is 0 Å². The molecule has 0 aromatic heterocycles. The van der Waals surface area contributed by atoms with E-state index in [9.17, 15) is 4.79 Å². The lowest BCUT2D eigenvalue weighted by Gasteiger charge is -2.27. The van der Waals surface area contributed by atoms with Gasteiger partial charge in [0.2, 0.25) is 0 Å². The Morgan fingerprint density at radius 3 is 2.15 bits per heavy atom. The Bertz CT molecular complexity index is 423. The number of carbonyl (C=O) groups is 1. The smallest absolute Gasteiger partial charge is 0.254 e. The number of aliphatic hydroxyl groups is 1. The number of methoxy groups -OCH3 is 2. The van der Waals surface area contributed by atoms with Crippen molar-refractivity contribution in [3.05, 3.63) is 23.8 Å². The van der Waals surface area contributed by atoms with Crippen LogP contribution in [0, 0.1) is 0 Å². The quantitative estimate of drug-likeness (QED) is 0.829. The molecule has 1 rings (SSSR count). The Balaban J connectivity index is 3.04. The first-order chi connectivity index (χ1) is 9.53. The molecule has 0 unspecified atom stereocenters. The highest BCUT2D eigenvalue weighted by Crippen LogP contribution is 2.24. The van der Waals surface area contributed by atoms with Gasteiger partial charge in [-0.2, -0.15) is 0 Å². The van der Waals surface area contributed by atoms with Crippen LogP contribution in [0.1, 0.15) is 30.6 Å². The Morgan fingerprint density at radius 1 is 1.20 bits per heavy atom. The molecule has 0 bridgehead atoms. The van der Waals surface area contributed by atoms with E-state index in [2.05, 4.69) is 0 Å². The monoisotopic (exact) mass is 281 g/mol. The molecule has 20 heavy (non-hydrogen) atoms. The molecule has 0 atom stereocenters. The largest absolute Gasteiger partial charge is 0.497 e. The van der Waals surface area contributed by atoms with Crippen LogP contribution in [0.15, 0.2) is 18.2 Å². The molecular weight excluding hydrogens is 258 g/mol. The third-order valence-electron chi connectivity index (χ3n) is 3.04. The van der Waals surface area contributed by atoms with Crippen molar-refractivity contribution in [1.82, 2.24) is 4.90 Å². The predicted octanol–water partition coefficient (Wildman–Crippen LogP) is 1.94. The van der Waals surface area contributed by atoms with E-state index in [-0.39, 0.29) is 18.6 Å². The minimum absolute atomic E-state index is 0.0613. The molecule has 0 radical (unpaired) electrons. The van der Waals surface area contributed by atoms with Crippen LogP contribution in [0.5, 0.6) is 11.5 Å². The molecule has 0 aliphatic heterocycles. The van der Waals surface area contributed by atoms with Crippen LogP contribution in [0.4, 0.5) is 0 Å². The van der Waals surface area contributed by atoms with E-state index < -0.39 is 0 Å². The molecule has 0 aliphatic rings. The van der Waals surface area contributed by atoms with Crippen LogP contribution in [0.3, 0.4) is 0 Å². The molecule has 0 heterocycles. The third-order valence-corrected chi connectivity index (χ3v) is 3.04. The van der Waals surface area contributed by atoms with Crippen molar-refractivity contribution < 1.29 is 19.4 Å². The molecular formula is C15H23NO4. The summed E-state index contributed by atoms with van der Waals surface area (Å²) >= 11 is 0. The summed E-state index contributed by atoms with van der Waals surface area (Å²) in [5.41, 5.74) is 0.521. The molecule has 0 spiro atoms. The number of hydrogen-bond donors (Lipinski definition) is 1. The first kappa shape index (κ1) is 16.3. The maximum absolute atomic E-state index is 12.6. The van der Waals surface area contributed by atoms with Crippen LogP contribution >= 0.6 is 0 Å². The summed E-state index contributed by atoms with van der Waals surface area (Å²) in [6.07, 6.45) is 0.561. The number of hydrogen-bond acceptors (Lipinski definition) is 4. The van der Waals surface area contributed by atoms with Gasteiger partial charge in [0.15, 0.2) is 0 Å². The maximum atomic E-state index is 12.6. The number of carbonyl (C=O) groups excluding carboxylic acids is 1. The van der Waals surface area contributed by atoms with E-state index in [1.807, 2.05) is 13.8 Å². The van der Waals surface area contributed by atoms with E-state index in [0.717, 1.165) is 0 Å². The fourth-order valence-electron chi connectivity index (χ4n) is 1.93. The van der Waals surface area contributed by atoms with Crippen LogP contribution in [-0.2, 0) is 0 Å². The summed E-state index contributed by atoms with van der Waals surface area (Å²) in [7, 11) is 3.10. The molecule has 5 heteroatoms. The molecule has 112 valence electrons. The first-order valence-corrected chi connectivity index (χ1v) is 6.68. The fraction of sp³-hybridized carbons (Fsp3) is 0.533. The highest BCUT2D eigenvalue weighted by atomic mass is 16.5. The molecule has 0 saturated heterocycles. The fourth-order valence-corrected chi connectivity index (χ4v) is 1.93. The normalized spacial score (nSPS) is 10.5. The van der Waals surface area contributed by atoms with Gasteiger partial charge < -0.3 is 19.5 Å². The van der Waals surface area contributed by atoms with Crippen molar-refractivity contribution in [1.29, 1.82) is 0 Å². The van der Waals surface area contributed by atoms with Gasteiger partial charge in [0.05, 0.1) is 14.2 Å². The lowest BCUT2D eigenvalue weighted by atomic mass is 10.1. The summed E-state index contributed by atoms with van der Waals surface area (Å²) < 4.78 is 10.4. The van der Waals surface area contributed by atoms with Crippen molar-refractivity contribution in [3.63, 3.8) is 0 Å². The molecule has 1 aromatic rings. The number of ether oxygens (including phenoxy) is 2. The number of amides is 1. The lowest BCUT2D eigenvalue weighted by Crippen LogP contribution is -2.38. The van der Waals surface area contributed by atoms with Crippen LogP contribution in [0.2, 0.25) is 0 Å². The van der Waals surface area contributed by atoms with Crippen molar-refractivity contribution in [2.75, 3.05) is 27.4 Å². The van der Waals surface area contributed by atoms with Gasteiger partial charge in [-0.05, 0) is 32.4 Å². The van der Waals surface area contributed by atoms with E-state index in [1.54, 1.807) is 37.3 Å². The van der Waals surface area contributed by atoms with Gasteiger partial charge in [-0.15, -0.1) is 0 Å². The van der Waals surface area contributed by atoms with Crippen LogP contribution in [0.25, 0.3) is 0 Å². The minimum Gasteiger partial charge on any atom is -0.497 e. The Morgan fingerprint density at radius 2 is 1.75 bits per heavy atom. The van der Waals surface area contributed by atoms with Gasteiger partial charge in [0.25, 0.3) is 5.91 Å². The van der Waals surface area contributed by atoms with Gasteiger partial charge in [-0.3, -0.25) is 4.79 Å². The second-order valence-corrected chi connectivity index (χ2v) is 4.77. The number of aliphatic hydroxyl groups excluding tert-OH is 1. The number of nitrogens with zero attached hydrogens (tertiary/aromatic N) is 1. The zero-order valence-electron chi connectivity index (χ0n) is 12.5. The topological polar surface area (TPSA) is 59.0 Å². The summed E-state index contributed by atoms with van der Waals surface area (Å²) in [5.74, 6) is 1.07.